The van der Waals surface area contributed by atoms with E-state index >= 15 is 0 Å². The third-order valence-electron chi connectivity index (χ3n) is 7.05. The van der Waals surface area contributed by atoms with E-state index in [-0.39, 0.29) is 48.9 Å². The Bertz CT molecular complexity index is 1090. The van der Waals surface area contributed by atoms with Crippen molar-refractivity contribution in [3.8, 4) is 0 Å². The smallest absolute Gasteiger partial charge is 0.358 e. The first-order valence-electron chi connectivity index (χ1n) is 12.1. The maximum absolute atomic E-state index is 13.7. The molecule has 1 unspecified atom stereocenters. The largest absolute Gasteiger partial charge is 0.461 e. The fraction of sp³-hybridized carbons (Fsp3) is 0.538. The van der Waals surface area contributed by atoms with Crippen molar-refractivity contribution in [1.82, 2.24) is 20.0 Å². The molecule has 1 fully saturated rings. The second-order valence-corrected chi connectivity index (χ2v) is 9.88. The number of rotatable bonds is 6. The number of aryl methyl sites for hydroxylation is 1. The van der Waals surface area contributed by atoms with Crippen LogP contribution in [0.4, 0.5) is 0 Å². The average molecular weight is 467 g/mol. The summed E-state index contributed by atoms with van der Waals surface area (Å²) in [5.74, 6) is -0.423. The second kappa shape index (κ2) is 9.60. The second-order valence-electron chi connectivity index (χ2n) is 9.88. The van der Waals surface area contributed by atoms with E-state index in [1.165, 1.54) is 10.7 Å². The van der Waals surface area contributed by atoms with Gasteiger partial charge in [-0.1, -0.05) is 36.8 Å². The standard InChI is InChI=1S/C26H34N4O4/c1-5-34-24(32)21-14-22-23(31)29(15-19-8-6-7-18(3)13-19)26(4,16-30(22)28-21)25(33)27-20-11-9-17(2)10-12-20/h6-8,13-14,17,20H,5,9-12,15-16H2,1-4H3,(H,27,33). The molecule has 2 heterocycles. The van der Waals surface area contributed by atoms with Crippen LogP contribution in [0.3, 0.4) is 0 Å². The molecule has 182 valence electrons. The molecule has 0 spiro atoms. The van der Waals surface area contributed by atoms with E-state index in [9.17, 15) is 14.4 Å². The predicted molar refractivity (Wildman–Crippen MR) is 127 cm³/mol. The first kappa shape index (κ1) is 24.0. The van der Waals surface area contributed by atoms with Crippen LogP contribution in [0, 0.1) is 12.8 Å². The third kappa shape index (κ3) is 4.72. The van der Waals surface area contributed by atoms with E-state index in [0.717, 1.165) is 36.8 Å². The van der Waals surface area contributed by atoms with Gasteiger partial charge in [-0.05, 0) is 57.9 Å². The van der Waals surface area contributed by atoms with Gasteiger partial charge in [-0.15, -0.1) is 0 Å². The number of ether oxygens (including phenoxy) is 1. The molecule has 1 aromatic carbocycles. The molecule has 1 aliphatic carbocycles. The van der Waals surface area contributed by atoms with Crippen LogP contribution in [0.25, 0.3) is 0 Å². The van der Waals surface area contributed by atoms with Crippen LogP contribution < -0.4 is 5.32 Å². The predicted octanol–water partition coefficient (Wildman–Crippen LogP) is 3.48. The van der Waals surface area contributed by atoms with Gasteiger partial charge in [0.1, 0.15) is 11.2 Å². The summed E-state index contributed by atoms with van der Waals surface area (Å²) in [5, 5.41) is 7.54. The van der Waals surface area contributed by atoms with Gasteiger partial charge in [0.2, 0.25) is 5.91 Å². The summed E-state index contributed by atoms with van der Waals surface area (Å²) in [4.78, 5) is 41.3. The molecule has 2 amide bonds. The molecule has 4 rings (SSSR count). The summed E-state index contributed by atoms with van der Waals surface area (Å²) in [5.41, 5.74) is 1.23. The molecule has 8 heteroatoms. The third-order valence-corrected chi connectivity index (χ3v) is 7.05. The molecule has 8 nitrogen and oxygen atoms in total. The quantitative estimate of drug-likeness (QED) is 0.658. The van der Waals surface area contributed by atoms with Crippen molar-refractivity contribution in [2.45, 2.75) is 78.0 Å². The maximum Gasteiger partial charge on any atom is 0.358 e. The van der Waals surface area contributed by atoms with Crippen molar-refractivity contribution in [3.63, 3.8) is 0 Å². The molecule has 1 saturated carbocycles. The monoisotopic (exact) mass is 466 g/mol. The molecule has 1 aromatic heterocycles. The van der Waals surface area contributed by atoms with E-state index in [2.05, 4.69) is 17.3 Å². The minimum absolute atomic E-state index is 0.0756. The van der Waals surface area contributed by atoms with Gasteiger partial charge in [0.15, 0.2) is 5.69 Å². The molecule has 2 aliphatic rings. The van der Waals surface area contributed by atoms with Crippen molar-refractivity contribution in [3.05, 3.63) is 52.8 Å². The van der Waals surface area contributed by atoms with Crippen molar-refractivity contribution in [2.24, 2.45) is 5.92 Å². The summed E-state index contributed by atoms with van der Waals surface area (Å²) in [7, 11) is 0. The number of esters is 1. The van der Waals surface area contributed by atoms with Crippen LogP contribution >= 0.6 is 0 Å². The van der Waals surface area contributed by atoms with E-state index < -0.39 is 11.5 Å². The van der Waals surface area contributed by atoms with E-state index in [0.29, 0.717) is 5.92 Å². The van der Waals surface area contributed by atoms with Gasteiger partial charge in [-0.2, -0.15) is 5.10 Å². The highest BCUT2D eigenvalue weighted by molar-refractivity contribution is 6.01. The summed E-state index contributed by atoms with van der Waals surface area (Å²) in [6.07, 6.45) is 4.04. The molecule has 34 heavy (non-hydrogen) atoms. The normalized spacial score (nSPS) is 24.5. The van der Waals surface area contributed by atoms with Crippen LogP contribution in [-0.2, 0) is 22.6 Å². The van der Waals surface area contributed by atoms with Gasteiger partial charge in [-0.3, -0.25) is 14.3 Å². The lowest BCUT2D eigenvalue weighted by atomic mass is 9.86. The first-order chi connectivity index (χ1) is 16.2. The topological polar surface area (TPSA) is 93.5 Å². The van der Waals surface area contributed by atoms with Crippen LogP contribution in [0.5, 0.6) is 0 Å². The molecule has 1 N–H and O–H groups in total. The van der Waals surface area contributed by atoms with Gasteiger partial charge in [0.25, 0.3) is 5.91 Å². The number of amides is 2. The average Bonchev–Trinajstić information content (AvgIpc) is 3.22. The molecule has 1 atom stereocenters. The molecular formula is C26H34N4O4. The van der Waals surface area contributed by atoms with Gasteiger partial charge in [0.05, 0.1) is 13.2 Å². The highest BCUT2D eigenvalue weighted by Gasteiger charge is 2.48. The Morgan fingerprint density at radius 1 is 1.21 bits per heavy atom. The van der Waals surface area contributed by atoms with Crippen LogP contribution in [0.2, 0.25) is 0 Å². The van der Waals surface area contributed by atoms with Gasteiger partial charge in [-0.25, -0.2) is 4.79 Å². The number of benzene rings is 1. The zero-order valence-electron chi connectivity index (χ0n) is 20.5. The Labute approximate surface area is 200 Å². The Morgan fingerprint density at radius 3 is 2.62 bits per heavy atom. The SMILES string of the molecule is CCOC(=O)c1cc2n(n1)CC(C)(C(=O)NC1CCC(C)CC1)N(Cc1cccc(C)c1)C2=O. The highest BCUT2D eigenvalue weighted by Crippen LogP contribution is 2.31. The molecule has 0 bridgehead atoms. The van der Waals surface area contributed by atoms with Gasteiger partial charge >= 0.3 is 5.97 Å². The van der Waals surface area contributed by atoms with Gasteiger partial charge < -0.3 is 15.0 Å². The number of carbonyl (C=O) groups excluding carboxylic acids is 3. The minimum atomic E-state index is -1.16. The van der Waals surface area contributed by atoms with E-state index in [1.807, 2.05) is 31.2 Å². The Balaban J connectivity index is 1.67. The summed E-state index contributed by atoms with van der Waals surface area (Å²) < 4.78 is 6.54. The first-order valence-corrected chi connectivity index (χ1v) is 12.1. The molecule has 2 aromatic rings. The number of hydrogen-bond donors (Lipinski definition) is 1. The van der Waals surface area contributed by atoms with Crippen molar-refractivity contribution in [1.29, 1.82) is 0 Å². The minimum Gasteiger partial charge on any atom is -0.461 e. The molecular weight excluding hydrogens is 432 g/mol. The molecule has 0 radical (unpaired) electrons. The van der Waals surface area contributed by atoms with E-state index in [1.54, 1.807) is 18.7 Å². The summed E-state index contributed by atoms with van der Waals surface area (Å²) in [6, 6.07) is 9.48. The van der Waals surface area contributed by atoms with Crippen LogP contribution in [-0.4, -0.2) is 50.7 Å². The number of aromatic nitrogens is 2. The lowest BCUT2D eigenvalue weighted by molar-refractivity contribution is -0.134. The number of carbonyl (C=O) groups is 3. The lowest BCUT2D eigenvalue weighted by Gasteiger charge is -2.44. The van der Waals surface area contributed by atoms with E-state index in [4.69, 9.17) is 4.74 Å². The molecule has 1 aliphatic heterocycles. The zero-order chi connectivity index (χ0) is 24.5. The lowest BCUT2D eigenvalue weighted by Crippen LogP contribution is -2.64. The van der Waals surface area contributed by atoms with Crippen molar-refractivity contribution < 1.29 is 19.1 Å². The number of nitrogens with zero attached hydrogens (tertiary/aromatic N) is 3. The summed E-state index contributed by atoms with van der Waals surface area (Å²) in [6.45, 7) is 8.41. The zero-order valence-corrected chi connectivity index (χ0v) is 20.5. The number of nitrogens with one attached hydrogen (secondary N) is 1. The Kier molecular flexibility index (Phi) is 6.77. The van der Waals surface area contributed by atoms with Gasteiger partial charge in [0, 0.05) is 18.7 Å². The Hall–Kier alpha value is -3.16. The maximum atomic E-state index is 13.7. The number of fused-ring (bicyclic) bond motifs is 1. The van der Waals surface area contributed by atoms with Crippen molar-refractivity contribution >= 4 is 17.8 Å². The number of hydrogen-bond acceptors (Lipinski definition) is 5. The Morgan fingerprint density at radius 2 is 1.94 bits per heavy atom. The fourth-order valence-electron chi connectivity index (χ4n) is 4.93. The van der Waals surface area contributed by atoms with Crippen LogP contribution in [0.1, 0.15) is 78.6 Å². The highest BCUT2D eigenvalue weighted by atomic mass is 16.5. The molecule has 0 saturated heterocycles. The van der Waals surface area contributed by atoms with Crippen molar-refractivity contribution in [2.75, 3.05) is 6.61 Å². The van der Waals surface area contributed by atoms with Crippen LogP contribution in [0.15, 0.2) is 30.3 Å². The summed E-state index contributed by atoms with van der Waals surface area (Å²) >= 11 is 0. The fourth-order valence-corrected chi connectivity index (χ4v) is 4.93.